The molecule has 0 aliphatic carbocycles. The van der Waals surface area contributed by atoms with E-state index in [9.17, 15) is 16.8 Å². The molecular weight excluding hydrogens is 302 g/mol. The number of rotatable bonds is 4. The predicted octanol–water partition coefficient (Wildman–Crippen LogP) is 1.20. The molecule has 0 aromatic heterocycles. The van der Waals surface area contributed by atoms with Crippen LogP contribution in [-0.2, 0) is 20.1 Å². The van der Waals surface area contributed by atoms with Crippen LogP contribution >= 0.6 is 11.6 Å². The highest BCUT2D eigenvalue weighted by Crippen LogP contribution is 2.26. The van der Waals surface area contributed by atoms with Crippen LogP contribution in [0, 0.1) is 0 Å². The minimum atomic E-state index is -4.44. The fourth-order valence-corrected chi connectivity index (χ4v) is 3.20. The minimum absolute atomic E-state index is 0.0791. The third-order valence-electron chi connectivity index (χ3n) is 2.11. The van der Waals surface area contributed by atoms with Crippen LogP contribution < -0.4 is 4.72 Å². The molecule has 0 spiro atoms. The molecule has 1 atom stereocenters. The van der Waals surface area contributed by atoms with Crippen molar-refractivity contribution < 1.29 is 21.4 Å². The summed E-state index contributed by atoms with van der Waals surface area (Å²) in [5.41, 5.74) is 0.0791. The summed E-state index contributed by atoms with van der Waals surface area (Å²) in [6.07, 6.45) is 0.946. The van der Waals surface area contributed by atoms with Crippen molar-refractivity contribution in [2.75, 3.05) is 6.26 Å². The summed E-state index contributed by atoms with van der Waals surface area (Å²) >= 11 is 5.73. The van der Waals surface area contributed by atoms with Crippen molar-refractivity contribution in [1.82, 2.24) is 4.72 Å². The van der Waals surface area contributed by atoms with Crippen LogP contribution in [0.5, 0.6) is 0 Å². The van der Waals surface area contributed by atoms with Gasteiger partial charge >= 0.3 is 0 Å². The van der Waals surface area contributed by atoms with Crippen molar-refractivity contribution in [2.45, 2.75) is 17.9 Å². The Balaban J connectivity index is 3.35. The second kappa shape index (κ2) is 5.14. The van der Waals surface area contributed by atoms with Gasteiger partial charge in [0.15, 0.2) is 0 Å². The van der Waals surface area contributed by atoms with Gasteiger partial charge in [-0.25, -0.2) is 13.1 Å². The van der Waals surface area contributed by atoms with Gasteiger partial charge in [0.25, 0.3) is 10.1 Å². The molecule has 0 saturated heterocycles. The molecule has 0 saturated carbocycles. The molecule has 1 aromatic rings. The van der Waals surface area contributed by atoms with Crippen LogP contribution in [0.25, 0.3) is 0 Å². The summed E-state index contributed by atoms with van der Waals surface area (Å²) in [5, 5.41) is 0.236. The first-order valence-electron chi connectivity index (χ1n) is 4.75. The Hall–Kier alpha value is -0.670. The Morgan fingerprint density at radius 2 is 1.83 bits per heavy atom. The molecule has 1 unspecified atom stereocenters. The molecule has 0 amide bonds. The summed E-state index contributed by atoms with van der Waals surface area (Å²) < 4.78 is 55.8. The Kier molecular flexibility index (Phi) is 4.39. The lowest BCUT2D eigenvalue weighted by Gasteiger charge is -2.15. The highest BCUT2D eigenvalue weighted by atomic mass is 35.5. The van der Waals surface area contributed by atoms with E-state index in [0.717, 1.165) is 12.3 Å². The first-order chi connectivity index (χ1) is 8.00. The predicted molar refractivity (Wildman–Crippen MR) is 67.7 cm³/mol. The Bertz CT molecular complexity index is 654. The molecule has 0 bridgehead atoms. The summed E-state index contributed by atoms with van der Waals surface area (Å²) in [6, 6.07) is 2.86. The molecule has 0 fully saturated rings. The molecule has 102 valence electrons. The Morgan fingerprint density at radius 1 is 1.28 bits per heavy atom. The van der Waals surface area contributed by atoms with Gasteiger partial charge in [0.05, 0.1) is 11.2 Å². The van der Waals surface area contributed by atoms with E-state index >= 15 is 0 Å². The third kappa shape index (κ3) is 4.21. The van der Waals surface area contributed by atoms with Gasteiger partial charge in [-0.15, -0.1) is 0 Å². The van der Waals surface area contributed by atoms with Crippen molar-refractivity contribution in [3.63, 3.8) is 0 Å². The van der Waals surface area contributed by atoms with Gasteiger partial charge in [-0.1, -0.05) is 11.6 Å². The maximum atomic E-state index is 11.2. The smallest absolute Gasteiger partial charge is 0.282 e. The van der Waals surface area contributed by atoms with E-state index in [2.05, 4.69) is 4.72 Å². The Labute approximate surface area is 111 Å². The summed E-state index contributed by atoms with van der Waals surface area (Å²) in [6.45, 7) is 1.45. The lowest BCUT2D eigenvalue weighted by atomic mass is 10.1. The van der Waals surface area contributed by atoms with Crippen molar-refractivity contribution in [3.05, 3.63) is 28.8 Å². The van der Waals surface area contributed by atoms with Crippen LogP contribution in [0.1, 0.15) is 18.5 Å². The van der Waals surface area contributed by atoms with Gasteiger partial charge in [0, 0.05) is 11.1 Å². The molecule has 1 rings (SSSR count). The fraction of sp³-hybridized carbons (Fsp3) is 0.333. The lowest BCUT2D eigenvalue weighted by Crippen LogP contribution is -2.26. The van der Waals surface area contributed by atoms with E-state index in [4.69, 9.17) is 16.2 Å². The lowest BCUT2D eigenvalue weighted by molar-refractivity contribution is 0.480. The maximum Gasteiger partial charge on any atom is 0.294 e. The van der Waals surface area contributed by atoms with Crippen molar-refractivity contribution in [3.8, 4) is 0 Å². The summed E-state index contributed by atoms with van der Waals surface area (Å²) in [5.74, 6) is 0. The molecule has 0 heterocycles. The van der Waals surface area contributed by atoms with Crippen molar-refractivity contribution in [2.24, 2.45) is 0 Å². The van der Waals surface area contributed by atoms with Crippen LogP contribution in [0.3, 0.4) is 0 Å². The molecule has 0 aliphatic heterocycles. The normalized spacial score (nSPS) is 14.4. The Morgan fingerprint density at radius 3 is 2.28 bits per heavy atom. The molecular formula is C9H12ClNO5S2. The molecule has 0 radical (unpaired) electrons. The molecule has 2 N–H and O–H groups in total. The number of halogens is 1. The number of hydrogen-bond acceptors (Lipinski definition) is 4. The van der Waals surface area contributed by atoms with Crippen LogP contribution in [-0.4, -0.2) is 27.6 Å². The number of benzene rings is 1. The van der Waals surface area contributed by atoms with Gasteiger partial charge in [-0.05, 0) is 30.7 Å². The number of hydrogen-bond donors (Lipinski definition) is 2. The van der Waals surface area contributed by atoms with Crippen molar-refractivity contribution in [1.29, 1.82) is 0 Å². The van der Waals surface area contributed by atoms with E-state index in [0.29, 0.717) is 0 Å². The van der Waals surface area contributed by atoms with Gasteiger partial charge in [0.2, 0.25) is 10.0 Å². The summed E-state index contributed by atoms with van der Waals surface area (Å²) in [4.78, 5) is -0.379. The number of sulfonamides is 1. The zero-order valence-corrected chi connectivity index (χ0v) is 12.0. The molecule has 9 heteroatoms. The maximum absolute atomic E-state index is 11.2. The second-order valence-corrected chi connectivity index (χ2v) is 7.38. The van der Waals surface area contributed by atoms with Gasteiger partial charge < -0.3 is 0 Å². The molecule has 6 nitrogen and oxygen atoms in total. The van der Waals surface area contributed by atoms with E-state index < -0.39 is 26.2 Å². The number of nitrogens with one attached hydrogen (secondary N) is 1. The van der Waals surface area contributed by atoms with E-state index in [1.54, 1.807) is 0 Å². The first-order valence-corrected chi connectivity index (χ1v) is 8.46. The highest BCUT2D eigenvalue weighted by molar-refractivity contribution is 7.88. The zero-order chi connectivity index (χ0) is 14.1. The van der Waals surface area contributed by atoms with E-state index in [-0.39, 0.29) is 15.5 Å². The molecule has 0 aliphatic rings. The largest absolute Gasteiger partial charge is 0.294 e. The SMILES string of the molecule is CC(NS(C)(=O)=O)c1cc(Cl)ccc1S(=O)(=O)O. The van der Waals surface area contributed by atoms with Crippen molar-refractivity contribution >= 4 is 31.7 Å². The first kappa shape index (κ1) is 15.4. The zero-order valence-electron chi connectivity index (χ0n) is 9.58. The second-order valence-electron chi connectivity index (χ2n) is 3.77. The molecule has 1 aromatic carbocycles. The topological polar surface area (TPSA) is 101 Å². The highest BCUT2D eigenvalue weighted by Gasteiger charge is 2.21. The van der Waals surface area contributed by atoms with E-state index in [1.807, 2.05) is 0 Å². The van der Waals surface area contributed by atoms with Crippen LogP contribution in [0.4, 0.5) is 0 Å². The molecule has 18 heavy (non-hydrogen) atoms. The third-order valence-corrected chi connectivity index (χ3v) is 4.05. The quantitative estimate of drug-likeness (QED) is 0.813. The van der Waals surface area contributed by atoms with E-state index in [1.165, 1.54) is 19.1 Å². The standard InChI is InChI=1S/C9H12ClNO5S2/c1-6(11-17(2,12)13)8-5-7(10)3-4-9(8)18(14,15)16/h3-6,11H,1-2H3,(H,14,15,16). The van der Waals surface area contributed by atoms with Crippen LogP contribution in [0.15, 0.2) is 23.1 Å². The van der Waals surface area contributed by atoms with Crippen LogP contribution in [0.2, 0.25) is 5.02 Å². The summed E-state index contributed by atoms with van der Waals surface area (Å²) in [7, 11) is -7.96. The average molecular weight is 314 g/mol. The fourth-order valence-electron chi connectivity index (χ4n) is 1.48. The minimum Gasteiger partial charge on any atom is -0.282 e. The average Bonchev–Trinajstić information content (AvgIpc) is 2.12. The van der Waals surface area contributed by atoms with Gasteiger partial charge in [0.1, 0.15) is 0 Å². The monoisotopic (exact) mass is 313 g/mol. The van der Waals surface area contributed by atoms with Gasteiger partial charge in [-0.2, -0.15) is 8.42 Å². The van der Waals surface area contributed by atoms with Gasteiger partial charge in [-0.3, -0.25) is 4.55 Å².